The minimum Gasteiger partial charge on any atom is -0.346 e. The average Bonchev–Trinajstić information content (AvgIpc) is 2.94. The Morgan fingerprint density at radius 3 is 2.68 bits per heavy atom. The Hall–Kier alpha value is -1.17. The minimum atomic E-state index is 0.568. The average molecular weight is 295 g/mol. The van der Waals surface area contributed by atoms with Crippen molar-refractivity contribution >= 4 is 28.1 Å². The zero-order valence-electron chi connectivity index (χ0n) is 10.5. The van der Waals surface area contributed by atoms with E-state index in [2.05, 4.69) is 19.8 Å². The molecular formula is C13H15ClN4S. The molecule has 2 aromatic heterocycles. The first kappa shape index (κ1) is 12.8. The van der Waals surface area contributed by atoms with Crippen LogP contribution in [0.4, 0.5) is 5.13 Å². The lowest BCUT2D eigenvalue weighted by Gasteiger charge is -2.34. The molecule has 3 heterocycles. The molecule has 0 aliphatic carbocycles. The molecule has 1 fully saturated rings. The normalized spacial score (nSPS) is 16.8. The summed E-state index contributed by atoms with van der Waals surface area (Å²) in [5.41, 5.74) is 1.22. The molecule has 100 valence electrons. The molecule has 1 aliphatic rings. The first-order chi connectivity index (χ1) is 9.31. The van der Waals surface area contributed by atoms with E-state index in [4.69, 9.17) is 11.6 Å². The van der Waals surface area contributed by atoms with Gasteiger partial charge in [-0.2, -0.15) is 0 Å². The van der Waals surface area contributed by atoms with Crippen molar-refractivity contribution in [3.63, 3.8) is 0 Å². The highest BCUT2D eigenvalue weighted by atomic mass is 35.5. The highest BCUT2D eigenvalue weighted by Crippen LogP contribution is 2.19. The monoisotopic (exact) mass is 294 g/mol. The second-order valence-corrected chi connectivity index (χ2v) is 5.82. The van der Waals surface area contributed by atoms with E-state index in [1.54, 1.807) is 17.5 Å². The Labute approximate surface area is 121 Å². The molecule has 0 unspecified atom stereocenters. The zero-order chi connectivity index (χ0) is 13.1. The fraction of sp³-hybridized carbons (Fsp3) is 0.385. The van der Waals surface area contributed by atoms with E-state index in [1.165, 1.54) is 5.56 Å². The molecule has 1 saturated heterocycles. The van der Waals surface area contributed by atoms with Gasteiger partial charge >= 0.3 is 0 Å². The quantitative estimate of drug-likeness (QED) is 0.814. The maximum absolute atomic E-state index is 5.91. The SMILES string of the molecule is Clc1cc(CN2CCN(c3nccs3)CC2)ccn1. The molecule has 4 nitrogen and oxygen atoms in total. The van der Waals surface area contributed by atoms with Crippen molar-refractivity contribution in [2.24, 2.45) is 0 Å². The second kappa shape index (κ2) is 5.86. The van der Waals surface area contributed by atoms with Crippen LogP contribution in [0.5, 0.6) is 0 Å². The van der Waals surface area contributed by atoms with Gasteiger partial charge in [-0.15, -0.1) is 11.3 Å². The number of pyridine rings is 1. The molecule has 0 radical (unpaired) electrons. The van der Waals surface area contributed by atoms with Crippen molar-refractivity contribution in [3.05, 3.63) is 40.6 Å². The van der Waals surface area contributed by atoms with Gasteiger partial charge in [-0.05, 0) is 17.7 Å². The summed E-state index contributed by atoms with van der Waals surface area (Å²) < 4.78 is 0. The van der Waals surface area contributed by atoms with Crippen LogP contribution in [0.2, 0.25) is 5.15 Å². The van der Waals surface area contributed by atoms with Crippen LogP contribution in [0.15, 0.2) is 29.9 Å². The van der Waals surface area contributed by atoms with Crippen LogP contribution in [0, 0.1) is 0 Å². The molecular weight excluding hydrogens is 280 g/mol. The second-order valence-electron chi connectivity index (χ2n) is 4.56. The van der Waals surface area contributed by atoms with Crippen molar-refractivity contribution < 1.29 is 0 Å². The van der Waals surface area contributed by atoms with Crippen molar-refractivity contribution in [1.29, 1.82) is 0 Å². The fourth-order valence-electron chi connectivity index (χ4n) is 2.27. The predicted octanol–water partition coefficient (Wildman–Crippen LogP) is 2.51. The highest BCUT2D eigenvalue weighted by molar-refractivity contribution is 7.13. The maximum Gasteiger partial charge on any atom is 0.185 e. The van der Waals surface area contributed by atoms with Gasteiger partial charge in [0.05, 0.1) is 0 Å². The molecule has 19 heavy (non-hydrogen) atoms. The summed E-state index contributed by atoms with van der Waals surface area (Å²) in [7, 11) is 0. The molecule has 0 aromatic carbocycles. The summed E-state index contributed by atoms with van der Waals surface area (Å²) >= 11 is 7.62. The van der Waals surface area contributed by atoms with Crippen LogP contribution >= 0.6 is 22.9 Å². The third-order valence-electron chi connectivity index (χ3n) is 3.26. The molecule has 0 spiro atoms. The number of nitrogens with zero attached hydrogens (tertiary/aromatic N) is 4. The predicted molar refractivity (Wildman–Crippen MR) is 78.9 cm³/mol. The number of hydrogen-bond acceptors (Lipinski definition) is 5. The van der Waals surface area contributed by atoms with E-state index in [-0.39, 0.29) is 0 Å². The van der Waals surface area contributed by atoms with Gasteiger partial charge in [-0.25, -0.2) is 9.97 Å². The Morgan fingerprint density at radius 2 is 2.00 bits per heavy atom. The van der Waals surface area contributed by atoms with E-state index in [0.717, 1.165) is 37.9 Å². The number of thiazole rings is 1. The molecule has 0 amide bonds. The molecule has 6 heteroatoms. The van der Waals surface area contributed by atoms with Crippen LogP contribution in [-0.4, -0.2) is 41.0 Å². The fourth-order valence-corrected chi connectivity index (χ4v) is 3.16. The third-order valence-corrected chi connectivity index (χ3v) is 4.30. The van der Waals surface area contributed by atoms with Crippen molar-refractivity contribution in [2.75, 3.05) is 31.1 Å². The summed E-state index contributed by atoms with van der Waals surface area (Å²) in [5, 5.41) is 3.73. The van der Waals surface area contributed by atoms with Crippen molar-refractivity contribution in [1.82, 2.24) is 14.9 Å². The van der Waals surface area contributed by atoms with E-state index < -0.39 is 0 Å². The molecule has 3 rings (SSSR count). The molecule has 0 saturated carbocycles. The lowest BCUT2D eigenvalue weighted by molar-refractivity contribution is 0.250. The molecule has 0 bridgehead atoms. The summed E-state index contributed by atoms with van der Waals surface area (Å²) in [6, 6.07) is 3.97. The van der Waals surface area contributed by atoms with Crippen LogP contribution in [-0.2, 0) is 6.54 Å². The standard InChI is InChI=1S/C13H15ClN4S/c14-12-9-11(1-2-15-12)10-17-4-6-18(7-5-17)13-16-3-8-19-13/h1-3,8-9H,4-7,10H2. The van der Waals surface area contributed by atoms with Gasteiger partial charge in [0.25, 0.3) is 0 Å². The van der Waals surface area contributed by atoms with Crippen LogP contribution < -0.4 is 4.90 Å². The Bertz CT molecular complexity index is 523. The van der Waals surface area contributed by atoms with Crippen LogP contribution in [0.1, 0.15) is 5.56 Å². The van der Waals surface area contributed by atoms with E-state index >= 15 is 0 Å². The van der Waals surface area contributed by atoms with Gasteiger partial charge in [0.15, 0.2) is 5.13 Å². The maximum atomic E-state index is 5.91. The molecule has 2 aromatic rings. The van der Waals surface area contributed by atoms with Crippen molar-refractivity contribution in [2.45, 2.75) is 6.54 Å². The number of rotatable bonds is 3. The van der Waals surface area contributed by atoms with E-state index in [0.29, 0.717) is 5.15 Å². The Morgan fingerprint density at radius 1 is 1.16 bits per heavy atom. The first-order valence-electron chi connectivity index (χ1n) is 6.28. The topological polar surface area (TPSA) is 32.3 Å². The lowest BCUT2D eigenvalue weighted by Crippen LogP contribution is -2.45. The van der Waals surface area contributed by atoms with Gasteiger partial charge in [0.1, 0.15) is 5.15 Å². The minimum absolute atomic E-state index is 0.568. The largest absolute Gasteiger partial charge is 0.346 e. The van der Waals surface area contributed by atoms with Gasteiger partial charge in [0.2, 0.25) is 0 Å². The van der Waals surface area contributed by atoms with E-state index in [1.807, 2.05) is 23.7 Å². The van der Waals surface area contributed by atoms with Gasteiger partial charge in [-0.1, -0.05) is 11.6 Å². The number of anilines is 1. The number of piperazine rings is 1. The summed E-state index contributed by atoms with van der Waals surface area (Å²) in [6.45, 7) is 5.12. The number of halogens is 1. The zero-order valence-corrected chi connectivity index (χ0v) is 12.1. The van der Waals surface area contributed by atoms with Crippen LogP contribution in [0.25, 0.3) is 0 Å². The number of aromatic nitrogens is 2. The molecule has 0 atom stereocenters. The van der Waals surface area contributed by atoms with Gasteiger partial charge in [-0.3, -0.25) is 4.90 Å². The summed E-state index contributed by atoms with van der Waals surface area (Å²) in [5.74, 6) is 0. The summed E-state index contributed by atoms with van der Waals surface area (Å²) in [4.78, 5) is 13.2. The summed E-state index contributed by atoms with van der Waals surface area (Å²) in [6.07, 6.45) is 3.63. The molecule has 0 N–H and O–H groups in total. The first-order valence-corrected chi connectivity index (χ1v) is 7.54. The third kappa shape index (κ3) is 3.23. The van der Waals surface area contributed by atoms with Crippen molar-refractivity contribution in [3.8, 4) is 0 Å². The van der Waals surface area contributed by atoms with E-state index in [9.17, 15) is 0 Å². The highest BCUT2D eigenvalue weighted by Gasteiger charge is 2.18. The van der Waals surface area contributed by atoms with Gasteiger partial charge in [0, 0.05) is 50.5 Å². The Balaban J connectivity index is 1.56. The Kier molecular flexibility index (Phi) is 3.96. The smallest absolute Gasteiger partial charge is 0.185 e. The van der Waals surface area contributed by atoms with Crippen LogP contribution in [0.3, 0.4) is 0 Å². The lowest BCUT2D eigenvalue weighted by atomic mass is 10.2. The number of hydrogen-bond donors (Lipinski definition) is 0. The van der Waals surface area contributed by atoms with Gasteiger partial charge < -0.3 is 4.90 Å². The molecule has 1 aliphatic heterocycles.